The molecule has 0 aliphatic heterocycles. The molecule has 0 bridgehead atoms. The minimum atomic E-state index is -0.460. The maximum absolute atomic E-state index is 13.2. The summed E-state index contributed by atoms with van der Waals surface area (Å²) in [6.45, 7) is 1.95. The van der Waals surface area contributed by atoms with Crippen LogP contribution in [0.1, 0.15) is 11.1 Å². The highest BCUT2D eigenvalue weighted by Gasteiger charge is 2.12. The third kappa shape index (κ3) is 3.79. The Morgan fingerprint density at radius 2 is 1.83 bits per heavy atom. The van der Waals surface area contributed by atoms with Crippen LogP contribution in [0.2, 0.25) is 0 Å². The van der Waals surface area contributed by atoms with Gasteiger partial charge < -0.3 is 0 Å². The van der Waals surface area contributed by atoms with E-state index in [0.29, 0.717) is 22.2 Å². The molecule has 0 atom stereocenters. The molecule has 0 fully saturated rings. The summed E-state index contributed by atoms with van der Waals surface area (Å²) in [6.07, 6.45) is 1.51. The summed E-state index contributed by atoms with van der Waals surface area (Å²) in [5.74, 6) is 0.266. The van der Waals surface area contributed by atoms with Gasteiger partial charge in [-0.2, -0.15) is 5.10 Å². The van der Waals surface area contributed by atoms with Crippen LogP contribution in [0.5, 0.6) is 0 Å². The second-order valence-corrected chi connectivity index (χ2v) is 6.65. The van der Waals surface area contributed by atoms with Crippen LogP contribution in [0.15, 0.2) is 82.7 Å². The van der Waals surface area contributed by atoms with E-state index in [9.17, 15) is 14.9 Å². The molecule has 4 rings (SSSR count). The molecule has 0 spiro atoms. The fraction of sp³-hybridized carbons (Fsp3) is 0.0455. The minimum Gasteiger partial charge on any atom is -0.268 e. The van der Waals surface area contributed by atoms with Gasteiger partial charge in [0, 0.05) is 12.1 Å². The Morgan fingerprint density at radius 3 is 2.57 bits per heavy atom. The van der Waals surface area contributed by atoms with Crippen molar-refractivity contribution in [2.75, 3.05) is 5.43 Å². The maximum atomic E-state index is 13.2. The first-order chi connectivity index (χ1) is 14.5. The Labute approximate surface area is 171 Å². The van der Waals surface area contributed by atoms with Gasteiger partial charge in [0.1, 0.15) is 0 Å². The van der Waals surface area contributed by atoms with E-state index in [1.165, 1.54) is 22.9 Å². The average molecular weight is 399 g/mol. The summed E-state index contributed by atoms with van der Waals surface area (Å²) in [5.41, 5.74) is 5.53. The second kappa shape index (κ2) is 7.96. The lowest BCUT2D eigenvalue weighted by Crippen LogP contribution is -2.22. The number of hydrogen-bond acceptors (Lipinski definition) is 6. The van der Waals surface area contributed by atoms with Gasteiger partial charge in [0.25, 0.3) is 11.2 Å². The number of nitro groups is 1. The van der Waals surface area contributed by atoms with E-state index in [1.807, 2.05) is 37.3 Å². The van der Waals surface area contributed by atoms with Gasteiger partial charge in [-0.25, -0.2) is 15.0 Å². The number of hydrazone groups is 1. The molecule has 8 heteroatoms. The van der Waals surface area contributed by atoms with Crippen molar-refractivity contribution in [3.8, 4) is 5.69 Å². The molecule has 0 amide bonds. The van der Waals surface area contributed by atoms with Crippen molar-refractivity contribution in [1.82, 2.24) is 9.55 Å². The van der Waals surface area contributed by atoms with Crippen molar-refractivity contribution in [2.45, 2.75) is 6.92 Å². The third-order valence-corrected chi connectivity index (χ3v) is 4.52. The maximum Gasteiger partial charge on any atom is 0.269 e. The number of nitro benzene ring substituents is 1. The molecule has 1 aromatic heterocycles. The molecular weight excluding hydrogens is 382 g/mol. The quantitative estimate of drug-likeness (QED) is 0.310. The van der Waals surface area contributed by atoms with Crippen LogP contribution in [-0.2, 0) is 0 Å². The number of hydrogen-bond donors (Lipinski definition) is 1. The highest BCUT2D eigenvalue weighted by molar-refractivity contribution is 5.81. The largest absolute Gasteiger partial charge is 0.269 e. The predicted octanol–water partition coefficient (Wildman–Crippen LogP) is 4.05. The van der Waals surface area contributed by atoms with E-state index in [1.54, 1.807) is 30.3 Å². The predicted molar refractivity (Wildman–Crippen MR) is 116 cm³/mol. The molecule has 0 saturated heterocycles. The van der Waals surface area contributed by atoms with Crippen molar-refractivity contribution in [2.24, 2.45) is 5.10 Å². The van der Waals surface area contributed by atoms with E-state index in [2.05, 4.69) is 15.5 Å². The number of nitrogens with zero attached hydrogens (tertiary/aromatic N) is 4. The van der Waals surface area contributed by atoms with Crippen LogP contribution >= 0.6 is 0 Å². The van der Waals surface area contributed by atoms with E-state index in [-0.39, 0.29) is 17.2 Å². The molecule has 148 valence electrons. The van der Waals surface area contributed by atoms with Gasteiger partial charge >= 0.3 is 0 Å². The number of aromatic nitrogens is 2. The number of nitrogens with one attached hydrogen (secondary N) is 1. The van der Waals surface area contributed by atoms with Crippen molar-refractivity contribution < 1.29 is 4.92 Å². The lowest BCUT2D eigenvalue weighted by atomic mass is 10.2. The lowest BCUT2D eigenvalue weighted by Gasteiger charge is -2.13. The van der Waals surface area contributed by atoms with Crippen molar-refractivity contribution in [3.05, 3.63) is 104 Å². The molecule has 4 aromatic rings. The fourth-order valence-corrected chi connectivity index (χ4v) is 3.06. The Morgan fingerprint density at radius 1 is 1.07 bits per heavy atom. The molecule has 0 unspecified atom stereocenters. The monoisotopic (exact) mass is 399 g/mol. The van der Waals surface area contributed by atoms with E-state index < -0.39 is 4.92 Å². The van der Waals surface area contributed by atoms with Crippen molar-refractivity contribution >= 4 is 28.8 Å². The molecule has 3 aromatic carbocycles. The molecule has 0 aliphatic rings. The van der Waals surface area contributed by atoms with E-state index in [4.69, 9.17) is 0 Å². The second-order valence-electron chi connectivity index (χ2n) is 6.65. The number of non-ortho nitro benzene ring substituents is 1. The van der Waals surface area contributed by atoms with Gasteiger partial charge in [-0.3, -0.25) is 14.9 Å². The highest BCUT2D eigenvalue weighted by Crippen LogP contribution is 2.17. The first-order valence-corrected chi connectivity index (χ1v) is 9.15. The zero-order valence-corrected chi connectivity index (χ0v) is 16.0. The molecule has 1 N–H and O–H groups in total. The number of para-hydroxylation sites is 1. The normalized spacial score (nSPS) is 11.1. The number of aryl methyl sites for hydroxylation is 1. The van der Waals surface area contributed by atoms with Crippen LogP contribution in [0, 0.1) is 17.0 Å². The van der Waals surface area contributed by atoms with Gasteiger partial charge in [0.05, 0.1) is 27.7 Å². The highest BCUT2D eigenvalue weighted by atomic mass is 16.6. The first-order valence-electron chi connectivity index (χ1n) is 9.15. The Hall–Kier alpha value is -4.33. The molecule has 8 nitrogen and oxygen atoms in total. The standard InChI is InChI=1S/C22H17N5O3/c1-15-5-4-6-18(13-15)26-21(28)19-7-2-3-8-20(19)24-22(26)25-23-14-16-9-11-17(12-10-16)27(29)30/h2-14H,1H3,(H,24,25)/b23-14+. The van der Waals surface area contributed by atoms with Crippen LogP contribution < -0.4 is 11.0 Å². The molecule has 1 heterocycles. The number of rotatable bonds is 5. The van der Waals surface area contributed by atoms with Gasteiger partial charge in [0.2, 0.25) is 5.95 Å². The number of benzene rings is 3. The van der Waals surface area contributed by atoms with Crippen molar-refractivity contribution in [3.63, 3.8) is 0 Å². The molecule has 0 saturated carbocycles. The van der Waals surface area contributed by atoms with Gasteiger partial charge in [-0.1, -0.05) is 24.3 Å². The number of fused-ring (bicyclic) bond motifs is 1. The Bertz CT molecular complexity index is 1330. The zero-order chi connectivity index (χ0) is 21.1. The van der Waals surface area contributed by atoms with E-state index >= 15 is 0 Å². The van der Waals surface area contributed by atoms with Crippen LogP contribution in [0.25, 0.3) is 16.6 Å². The average Bonchev–Trinajstić information content (AvgIpc) is 2.74. The lowest BCUT2D eigenvalue weighted by molar-refractivity contribution is -0.384. The summed E-state index contributed by atoms with van der Waals surface area (Å²) in [6, 6.07) is 20.6. The summed E-state index contributed by atoms with van der Waals surface area (Å²) < 4.78 is 1.47. The van der Waals surface area contributed by atoms with Gasteiger partial charge in [-0.05, 0) is 54.4 Å². The zero-order valence-electron chi connectivity index (χ0n) is 16.0. The summed E-state index contributed by atoms with van der Waals surface area (Å²) in [7, 11) is 0. The van der Waals surface area contributed by atoms with Crippen LogP contribution in [0.3, 0.4) is 0 Å². The van der Waals surface area contributed by atoms with Gasteiger partial charge in [0.15, 0.2) is 0 Å². The minimum absolute atomic E-state index is 0.00425. The number of anilines is 1. The third-order valence-electron chi connectivity index (χ3n) is 4.52. The summed E-state index contributed by atoms with van der Waals surface area (Å²) >= 11 is 0. The SMILES string of the molecule is Cc1cccc(-n2c(N/N=C/c3ccc([N+](=O)[O-])cc3)nc3ccccc3c2=O)c1. The van der Waals surface area contributed by atoms with Crippen molar-refractivity contribution in [1.29, 1.82) is 0 Å². The van der Waals surface area contributed by atoms with Crippen LogP contribution in [0.4, 0.5) is 11.6 Å². The Kier molecular flexibility index (Phi) is 5.04. The van der Waals surface area contributed by atoms with Crippen LogP contribution in [-0.4, -0.2) is 20.7 Å². The smallest absolute Gasteiger partial charge is 0.268 e. The molecule has 30 heavy (non-hydrogen) atoms. The molecule has 0 aliphatic carbocycles. The molecule has 0 radical (unpaired) electrons. The topological polar surface area (TPSA) is 102 Å². The van der Waals surface area contributed by atoms with E-state index in [0.717, 1.165) is 5.56 Å². The first kappa shape index (κ1) is 19.0. The summed E-state index contributed by atoms with van der Waals surface area (Å²) in [5, 5.41) is 15.4. The summed E-state index contributed by atoms with van der Waals surface area (Å²) in [4.78, 5) is 28.0. The van der Waals surface area contributed by atoms with Gasteiger partial charge in [-0.15, -0.1) is 0 Å². The molecular formula is C22H17N5O3. The Balaban J connectivity index is 1.74. The fourth-order valence-electron chi connectivity index (χ4n) is 3.06.